The number of alkyl halides is 6. The molecule has 2 aliphatic rings. The molecular formula is C38H38Cl4F6N2O4SSi. The third-order valence-electron chi connectivity index (χ3n) is 10.7. The Bertz CT molecular complexity index is 2460. The lowest BCUT2D eigenvalue weighted by Crippen LogP contribution is -2.57. The maximum Gasteiger partial charge on any atom is 0.423 e. The molecule has 6 nitrogen and oxygen atoms in total. The van der Waals surface area contributed by atoms with E-state index in [1.54, 1.807) is 44.8 Å². The van der Waals surface area contributed by atoms with Gasteiger partial charge in [0.15, 0.2) is 13.9 Å². The lowest BCUT2D eigenvalue weighted by molar-refractivity contribution is -0.289. The van der Waals surface area contributed by atoms with Gasteiger partial charge in [0.1, 0.15) is 0 Å². The number of nitrogens with zero attached hydrogens (tertiary/aromatic N) is 1. The number of aliphatic hydroxyl groups is 1. The highest BCUT2D eigenvalue weighted by molar-refractivity contribution is 7.90. The minimum absolute atomic E-state index is 0.0249. The molecule has 5 aromatic rings. The van der Waals surface area contributed by atoms with Crippen LogP contribution in [0.3, 0.4) is 0 Å². The fourth-order valence-electron chi connectivity index (χ4n) is 8.04. The van der Waals surface area contributed by atoms with Crippen LogP contribution in [-0.4, -0.2) is 43.2 Å². The smallest absolute Gasteiger partial charge is 0.399 e. The van der Waals surface area contributed by atoms with Crippen LogP contribution in [0.25, 0.3) is 21.8 Å². The fraction of sp³-hybridized carbons (Fsp3) is 0.421. The van der Waals surface area contributed by atoms with Crippen molar-refractivity contribution in [3.05, 3.63) is 96.7 Å². The first kappa shape index (κ1) is 43.2. The van der Waals surface area contributed by atoms with Crippen molar-refractivity contribution < 1.29 is 44.3 Å². The van der Waals surface area contributed by atoms with Gasteiger partial charge in [0.25, 0.3) is 10.0 Å². The van der Waals surface area contributed by atoms with E-state index in [1.807, 2.05) is 0 Å². The number of aryl methyl sites for hydroxylation is 3. The summed E-state index contributed by atoms with van der Waals surface area (Å²) < 4.78 is 121. The summed E-state index contributed by atoms with van der Waals surface area (Å²) >= 11 is 24.8. The second-order valence-electron chi connectivity index (χ2n) is 15.5. The largest absolute Gasteiger partial charge is 0.423 e. The van der Waals surface area contributed by atoms with Crippen LogP contribution < -0.4 is 0 Å². The van der Waals surface area contributed by atoms with Crippen molar-refractivity contribution in [3.63, 3.8) is 0 Å². The van der Waals surface area contributed by atoms with Crippen LogP contribution in [0.2, 0.25) is 39.7 Å². The van der Waals surface area contributed by atoms with Crippen molar-refractivity contribution in [2.75, 3.05) is 0 Å². The number of nitrogens with one attached hydrogen (secondary N) is 1. The fourth-order valence-corrected chi connectivity index (χ4v) is 11.9. The Hall–Kier alpha value is -2.43. The first-order valence-corrected chi connectivity index (χ1v) is 23.9. The van der Waals surface area contributed by atoms with Gasteiger partial charge in [-0.3, -0.25) is 0 Å². The van der Waals surface area contributed by atoms with Crippen molar-refractivity contribution in [2.45, 2.75) is 94.5 Å². The molecule has 0 spiro atoms. The molecule has 7 rings (SSSR count). The molecule has 4 atom stereocenters. The van der Waals surface area contributed by atoms with E-state index in [4.69, 9.17) is 50.8 Å². The molecule has 2 heterocycles. The van der Waals surface area contributed by atoms with E-state index in [1.165, 1.54) is 44.2 Å². The van der Waals surface area contributed by atoms with Gasteiger partial charge in [-0.05, 0) is 112 Å². The highest BCUT2D eigenvalue weighted by atomic mass is 35.5. The molecule has 2 aliphatic carbocycles. The Morgan fingerprint density at radius 2 is 1.34 bits per heavy atom. The number of hydrogen-bond acceptors (Lipinski definition) is 4. The zero-order chi connectivity index (χ0) is 41.7. The summed E-state index contributed by atoms with van der Waals surface area (Å²) in [7, 11) is -7.34. The maximum absolute atomic E-state index is 15.2. The third kappa shape index (κ3) is 6.77. The van der Waals surface area contributed by atoms with Gasteiger partial charge >= 0.3 is 12.4 Å². The number of hydrogen-bond donors (Lipinski definition) is 2. The molecule has 2 N–H and O–H groups in total. The van der Waals surface area contributed by atoms with Gasteiger partial charge in [-0.1, -0.05) is 77.9 Å². The molecule has 0 amide bonds. The third-order valence-corrected chi connectivity index (χ3v) is 15.0. The molecule has 0 saturated heterocycles. The predicted octanol–water partition coefficient (Wildman–Crippen LogP) is 12.5. The second-order valence-corrected chi connectivity index (χ2v) is 23.3. The summed E-state index contributed by atoms with van der Waals surface area (Å²) in [5, 5.41) is 11.7. The molecule has 0 saturated carbocycles. The number of benzene rings is 3. The lowest BCUT2D eigenvalue weighted by atomic mass is 9.74. The first-order chi connectivity index (χ1) is 25.7. The summed E-state index contributed by atoms with van der Waals surface area (Å²) in [5.74, 6) is -1.97. The molecule has 0 fully saturated rings. The van der Waals surface area contributed by atoms with E-state index >= 15 is 13.2 Å². The van der Waals surface area contributed by atoms with Gasteiger partial charge in [-0.25, -0.2) is 12.4 Å². The van der Waals surface area contributed by atoms with Gasteiger partial charge in [0.05, 0.1) is 41.9 Å². The van der Waals surface area contributed by atoms with Gasteiger partial charge < -0.3 is 14.5 Å². The second kappa shape index (κ2) is 14.4. The molecular weight excluding hydrogens is 864 g/mol. The SMILES string of the molecule is CC1CCc2c([nH]c3ccc(Cl)c(Cl)c23)C1(O)C(F)(F)F.Cc1ccc(S(=O)(=O)n2c3c(c4c(Cl)c(Cl)ccc42)CCC(C)C3(O[Si](C)(C)C)C(F)(F)F)cc1. The monoisotopic (exact) mass is 900 g/mol. The number of fused-ring (bicyclic) bond motifs is 6. The molecule has 0 radical (unpaired) electrons. The van der Waals surface area contributed by atoms with Crippen molar-refractivity contribution >= 4 is 86.6 Å². The van der Waals surface area contributed by atoms with E-state index in [9.17, 15) is 26.7 Å². The first-order valence-electron chi connectivity index (χ1n) is 17.6. The number of rotatable bonds is 4. The molecule has 0 aliphatic heterocycles. The Morgan fingerprint density at radius 3 is 1.89 bits per heavy atom. The lowest BCUT2D eigenvalue weighted by Gasteiger charge is -2.47. The summed E-state index contributed by atoms with van der Waals surface area (Å²) in [6.07, 6.45) is -8.68. The van der Waals surface area contributed by atoms with Crippen molar-refractivity contribution in [3.8, 4) is 0 Å². The van der Waals surface area contributed by atoms with Crippen LogP contribution in [0.15, 0.2) is 53.4 Å². The zero-order valence-electron chi connectivity index (χ0n) is 30.9. The number of aromatic nitrogens is 2. The minimum Gasteiger partial charge on any atom is -0.399 e. The minimum atomic E-state index is -4.90. The van der Waals surface area contributed by atoms with Gasteiger partial charge in [0.2, 0.25) is 5.60 Å². The molecule has 4 unspecified atom stereocenters. The molecule has 56 heavy (non-hydrogen) atoms. The molecule has 2 aromatic heterocycles. The standard InChI is InChI=1S/C24H26Cl2F3NO3SSi.C14H12Cl2F3NO/c1-14-6-9-16(10-7-14)34(31,32)30-19-13-12-18(25)21(26)20(19)17-11-8-15(2)23(22(17)30,24(27,28)29)33-35(3,4)5;1-6-2-3-7-10-9(5-4-8(15)11(10)16)20-12(7)13(6,21)14(17,18)19/h6-7,9-10,12-13,15H,8,11H2,1-5H3;4-6,20-21H,2-3H2,1H3. The molecule has 0 bridgehead atoms. The summed E-state index contributed by atoms with van der Waals surface area (Å²) in [5.41, 5.74) is -4.45. The highest BCUT2D eigenvalue weighted by Gasteiger charge is 2.66. The van der Waals surface area contributed by atoms with Crippen LogP contribution in [-0.2, 0) is 38.5 Å². The van der Waals surface area contributed by atoms with Crippen LogP contribution >= 0.6 is 46.4 Å². The van der Waals surface area contributed by atoms with E-state index in [-0.39, 0.29) is 66.4 Å². The van der Waals surface area contributed by atoms with E-state index in [2.05, 4.69) is 4.98 Å². The molecule has 3 aromatic carbocycles. The van der Waals surface area contributed by atoms with Gasteiger partial charge in [-0.2, -0.15) is 26.3 Å². The Balaban J connectivity index is 0.000000215. The quantitative estimate of drug-likeness (QED) is 0.139. The predicted molar refractivity (Wildman–Crippen MR) is 211 cm³/mol. The van der Waals surface area contributed by atoms with Crippen LogP contribution in [0.5, 0.6) is 0 Å². The van der Waals surface area contributed by atoms with E-state index < -0.39 is 59.4 Å². The van der Waals surface area contributed by atoms with Gasteiger partial charge in [0, 0.05) is 16.3 Å². The summed E-state index contributed by atoms with van der Waals surface area (Å²) in [6.45, 7) is 9.64. The van der Waals surface area contributed by atoms with Crippen LogP contribution in [0.4, 0.5) is 26.3 Å². The Kier molecular flexibility index (Phi) is 11.1. The zero-order valence-corrected chi connectivity index (χ0v) is 35.7. The number of halogens is 10. The normalized spacial score (nSPS) is 23.2. The Labute approximate surface area is 341 Å². The van der Waals surface area contributed by atoms with Gasteiger partial charge in [-0.15, -0.1) is 0 Å². The molecule has 304 valence electrons. The summed E-state index contributed by atoms with van der Waals surface area (Å²) in [4.78, 5) is 2.57. The molecule has 18 heteroatoms. The van der Waals surface area contributed by atoms with E-state index in [0.29, 0.717) is 22.9 Å². The summed E-state index contributed by atoms with van der Waals surface area (Å²) in [6, 6.07) is 11.9. The number of H-pyrrole nitrogens is 1. The average molecular weight is 903 g/mol. The topological polar surface area (TPSA) is 84.3 Å². The average Bonchev–Trinajstić information content (AvgIpc) is 3.64. The van der Waals surface area contributed by atoms with Crippen LogP contribution in [0.1, 0.15) is 54.8 Å². The van der Waals surface area contributed by atoms with E-state index in [0.717, 1.165) is 9.54 Å². The maximum atomic E-state index is 15.2. The van der Waals surface area contributed by atoms with Crippen molar-refractivity contribution in [1.82, 2.24) is 8.96 Å². The van der Waals surface area contributed by atoms with Crippen LogP contribution in [0, 0.1) is 18.8 Å². The van der Waals surface area contributed by atoms with Crippen molar-refractivity contribution in [2.24, 2.45) is 11.8 Å². The highest BCUT2D eigenvalue weighted by Crippen LogP contribution is 2.57. The Morgan fingerprint density at radius 1 is 0.804 bits per heavy atom. The number of aromatic amines is 1. The van der Waals surface area contributed by atoms with Crippen molar-refractivity contribution in [1.29, 1.82) is 0 Å².